The van der Waals surface area contributed by atoms with Crippen molar-refractivity contribution in [2.75, 3.05) is 33.3 Å². The Morgan fingerprint density at radius 1 is 1.05 bits per heavy atom. The summed E-state index contributed by atoms with van der Waals surface area (Å²) in [5.41, 5.74) is 2.19. The number of hydrogen-bond acceptors (Lipinski definition) is 6. The lowest BCUT2D eigenvalue weighted by Crippen LogP contribution is -2.38. The van der Waals surface area contributed by atoms with Crippen LogP contribution in [0, 0.1) is 0 Å². The van der Waals surface area contributed by atoms with Crippen LogP contribution >= 0.6 is 0 Å². The minimum atomic E-state index is -0.726. The van der Waals surface area contributed by atoms with E-state index in [0.717, 1.165) is 24.2 Å². The Morgan fingerprint density at radius 3 is 2.35 bits per heavy atom. The minimum Gasteiger partial charge on any atom is -0.507 e. The molecule has 0 bridgehead atoms. The molecule has 1 atom stereocenters. The van der Waals surface area contributed by atoms with Crippen LogP contribution in [0.15, 0.2) is 48.0 Å². The highest BCUT2D eigenvalue weighted by Crippen LogP contribution is 2.41. The largest absolute Gasteiger partial charge is 0.507 e. The Labute approximate surface area is 220 Å². The minimum absolute atomic E-state index is 0.0296. The molecule has 0 spiro atoms. The number of nitrogens with zero attached hydrogens (tertiary/aromatic N) is 2. The molecule has 7 heteroatoms. The number of Topliss-reactive ketones (excluding diaryl/α,β-unsaturated/α-hetero) is 1. The third-order valence-electron chi connectivity index (χ3n) is 6.76. The second kappa shape index (κ2) is 12.3. The van der Waals surface area contributed by atoms with Crippen LogP contribution in [0.3, 0.4) is 0 Å². The van der Waals surface area contributed by atoms with Crippen molar-refractivity contribution >= 4 is 17.4 Å². The zero-order valence-corrected chi connectivity index (χ0v) is 23.1. The summed E-state index contributed by atoms with van der Waals surface area (Å²) in [4.78, 5) is 30.5. The molecule has 7 nitrogen and oxygen atoms in total. The number of likely N-dealkylation sites (N-methyl/N-ethyl adjacent to an activating group) is 1. The van der Waals surface area contributed by atoms with Crippen LogP contribution < -0.4 is 9.47 Å². The first kappa shape index (κ1) is 28.3. The van der Waals surface area contributed by atoms with E-state index in [2.05, 4.69) is 18.7 Å². The first-order valence-electron chi connectivity index (χ1n) is 13.1. The lowest BCUT2D eigenvalue weighted by molar-refractivity contribution is -0.140. The summed E-state index contributed by atoms with van der Waals surface area (Å²) in [6, 6.07) is 12.0. The molecular weight excluding hydrogens is 468 g/mol. The number of ether oxygens (including phenoxy) is 2. The molecule has 1 aliphatic rings. The monoisotopic (exact) mass is 508 g/mol. The van der Waals surface area contributed by atoms with Gasteiger partial charge in [0.05, 0.1) is 24.8 Å². The lowest BCUT2D eigenvalue weighted by Gasteiger charge is -2.28. The highest BCUT2D eigenvalue weighted by Gasteiger charge is 2.46. The normalized spacial score (nSPS) is 17.4. The average molecular weight is 509 g/mol. The molecule has 2 aromatic rings. The molecule has 1 amide bonds. The standard InChI is InChI=1S/C30H40N2O5/c1-8-31(9-2)15-16-32-27(21-11-10-12-23(17-21)37-20(5)6)26(29(34)30(32)35)28(33)22-13-14-25(36-7)24(18-22)19(3)4/h10-14,17-20,27,33H,8-9,15-16H2,1-7H3/b28-26+. The van der Waals surface area contributed by atoms with Crippen molar-refractivity contribution in [1.29, 1.82) is 0 Å². The smallest absolute Gasteiger partial charge is 0.295 e. The van der Waals surface area contributed by atoms with Gasteiger partial charge in [-0.25, -0.2) is 0 Å². The fourth-order valence-electron chi connectivity index (χ4n) is 4.76. The van der Waals surface area contributed by atoms with Crippen LogP contribution in [0.2, 0.25) is 0 Å². The molecular formula is C30H40N2O5. The summed E-state index contributed by atoms with van der Waals surface area (Å²) in [5, 5.41) is 11.5. The van der Waals surface area contributed by atoms with Crippen molar-refractivity contribution in [3.05, 3.63) is 64.7 Å². The molecule has 3 rings (SSSR count). The Hall–Kier alpha value is -3.32. The number of aliphatic hydroxyl groups is 1. The van der Waals surface area contributed by atoms with E-state index in [9.17, 15) is 14.7 Å². The molecule has 1 unspecified atom stereocenters. The summed E-state index contributed by atoms with van der Waals surface area (Å²) in [6.45, 7) is 14.8. The maximum atomic E-state index is 13.4. The SMILES string of the molecule is CCN(CC)CCN1C(=O)C(=O)/C(=C(/O)c2ccc(OC)c(C(C)C)c2)C1c1cccc(OC(C)C)c1. The number of ketones is 1. The number of rotatable bonds is 11. The fourth-order valence-corrected chi connectivity index (χ4v) is 4.76. The van der Waals surface area contributed by atoms with Gasteiger partial charge in [-0.05, 0) is 74.3 Å². The zero-order chi connectivity index (χ0) is 27.3. The van der Waals surface area contributed by atoms with E-state index in [4.69, 9.17) is 9.47 Å². The molecule has 0 aromatic heterocycles. The third-order valence-corrected chi connectivity index (χ3v) is 6.76. The Bertz CT molecular complexity index is 1150. The predicted octanol–water partition coefficient (Wildman–Crippen LogP) is 5.37. The first-order valence-corrected chi connectivity index (χ1v) is 13.1. The first-order chi connectivity index (χ1) is 17.6. The van der Waals surface area contributed by atoms with Crippen LogP contribution in [-0.4, -0.2) is 66.0 Å². The topological polar surface area (TPSA) is 79.3 Å². The Kier molecular flexibility index (Phi) is 9.38. The number of hydrogen-bond donors (Lipinski definition) is 1. The van der Waals surface area contributed by atoms with Crippen LogP contribution in [0.4, 0.5) is 0 Å². The molecule has 1 fully saturated rings. The van der Waals surface area contributed by atoms with Gasteiger partial charge < -0.3 is 24.4 Å². The van der Waals surface area contributed by atoms with Gasteiger partial charge in [-0.1, -0.05) is 39.8 Å². The van der Waals surface area contributed by atoms with Crippen molar-refractivity contribution in [2.24, 2.45) is 0 Å². The second-order valence-electron chi connectivity index (χ2n) is 9.87. The van der Waals surface area contributed by atoms with Gasteiger partial charge in [0, 0.05) is 18.7 Å². The lowest BCUT2D eigenvalue weighted by atomic mass is 9.93. The van der Waals surface area contributed by atoms with E-state index in [-0.39, 0.29) is 23.4 Å². The van der Waals surface area contributed by atoms with Gasteiger partial charge in [-0.2, -0.15) is 0 Å². The van der Waals surface area contributed by atoms with E-state index in [1.54, 1.807) is 24.1 Å². The maximum Gasteiger partial charge on any atom is 0.295 e. The van der Waals surface area contributed by atoms with Gasteiger partial charge in [0.25, 0.3) is 11.7 Å². The molecule has 200 valence electrons. The maximum absolute atomic E-state index is 13.4. The third kappa shape index (κ3) is 6.16. The molecule has 1 heterocycles. The molecule has 1 saturated heterocycles. The van der Waals surface area contributed by atoms with Crippen molar-refractivity contribution in [3.8, 4) is 11.5 Å². The Morgan fingerprint density at radius 2 is 1.76 bits per heavy atom. The summed E-state index contributed by atoms with van der Waals surface area (Å²) >= 11 is 0. The number of carbonyl (C=O) groups is 2. The summed E-state index contributed by atoms with van der Waals surface area (Å²) in [6.07, 6.45) is -0.0296. The van der Waals surface area contributed by atoms with Gasteiger partial charge >= 0.3 is 0 Å². The number of benzene rings is 2. The highest BCUT2D eigenvalue weighted by molar-refractivity contribution is 6.46. The van der Waals surface area contributed by atoms with E-state index >= 15 is 0 Å². The number of methoxy groups -OCH3 is 1. The van der Waals surface area contributed by atoms with Crippen molar-refractivity contribution in [2.45, 2.75) is 59.6 Å². The molecule has 0 aliphatic carbocycles. The van der Waals surface area contributed by atoms with Crippen molar-refractivity contribution in [3.63, 3.8) is 0 Å². The van der Waals surface area contributed by atoms with Crippen molar-refractivity contribution < 1.29 is 24.2 Å². The van der Waals surface area contributed by atoms with E-state index in [1.807, 2.05) is 58.0 Å². The molecule has 37 heavy (non-hydrogen) atoms. The number of likely N-dealkylation sites (tertiary alicyclic amines) is 1. The summed E-state index contributed by atoms with van der Waals surface area (Å²) in [5.74, 6) is 0.0218. The van der Waals surface area contributed by atoms with Gasteiger partial charge in [-0.3, -0.25) is 9.59 Å². The van der Waals surface area contributed by atoms with E-state index in [0.29, 0.717) is 30.2 Å². The highest BCUT2D eigenvalue weighted by atomic mass is 16.5. The second-order valence-corrected chi connectivity index (χ2v) is 9.87. The number of carbonyl (C=O) groups excluding carboxylic acids is 2. The van der Waals surface area contributed by atoms with Gasteiger partial charge in [0.1, 0.15) is 17.3 Å². The van der Waals surface area contributed by atoms with Gasteiger partial charge in [0.2, 0.25) is 0 Å². The molecule has 0 radical (unpaired) electrons. The van der Waals surface area contributed by atoms with E-state index in [1.165, 1.54) is 0 Å². The number of amides is 1. The number of aliphatic hydroxyl groups excluding tert-OH is 1. The van der Waals surface area contributed by atoms with E-state index < -0.39 is 17.7 Å². The Balaban J connectivity index is 2.17. The van der Waals surface area contributed by atoms with Crippen LogP contribution in [-0.2, 0) is 9.59 Å². The van der Waals surface area contributed by atoms with Crippen LogP contribution in [0.5, 0.6) is 11.5 Å². The molecule has 1 N–H and O–H groups in total. The predicted molar refractivity (Wildman–Crippen MR) is 146 cm³/mol. The van der Waals surface area contributed by atoms with Gasteiger partial charge in [-0.15, -0.1) is 0 Å². The molecule has 1 aliphatic heterocycles. The fraction of sp³-hybridized carbons (Fsp3) is 0.467. The molecule has 2 aromatic carbocycles. The summed E-state index contributed by atoms with van der Waals surface area (Å²) in [7, 11) is 1.61. The molecule has 0 saturated carbocycles. The van der Waals surface area contributed by atoms with Crippen LogP contribution in [0.1, 0.15) is 70.2 Å². The average Bonchev–Trinajstić information content (AvgIpc) is 3.13. The van der Waals surface area contributed by atoms with Crippen LogP contribution in [0.25, 0.3) is 5.76 Å². The quantitative estimate of drug-likeness (QED) is 0.250. The van der Waals surface area contributed by atoms with Crippen molar-refractivity contribution in [1.82, 2.24) is 9.80 Å². The summed E-state index contributed by atoms with van der Waals surface area (Å²) < 4.78 is 11.4. The van der Waals surface area contributed by atoms with Gasteiger partial charge in [0.15, 0.2) is 0 Å². The zero-order valence-electron chi connectivity index (χ0n) is 23.1.